The SMILES string of the molecule is COc1ccc(NC(=O)N(C)C[C@@H]2Oc3ccc(NC(=O)Nc4ccccc4)cc3CC(=O)N([C@H](C)CO)C[C@H]2C)cc1. The second-order valence-electron chi connectivity index (χ2n) is 10.7. The lowest BCUT2D eigenvalue weighted by atomic mass is 10.0. The van der Waals surface area contributed by atoms with Crippen LogP contribution in [0.2, 0.25) is 0 Å². The van der Waals surface area contributed by atoms with Gasteiger partial charge in [0, 0.05) is 42.1 Å². The van der Waals surface area contributed by atoms with E-state index in [1.54, 1.807) is 80.6 Å². The van der Waals surface area contributed by atoms with E-state index in [1.165, 1.54) is 4.90 Å². The van der Waals surface area contributed by atoms with Crippen LogP contribution in [0.1, 0.15) is 19.4 Å². The van der Waals surface area contributed by atoms with Crippen molar-refractivity contribution in [3.05, 3.63) is 78.4 Å². The van der Waals surface area contributed by atoms with Crippen LogP contribution in [0.4, 0.5) is 26.7 Å². The van der Waals surface area contributed by atoms with Crippen LogP contribution < -0.4 is 25.4 Å². The first-order valence-electron chi connectivity index (χ1n) is 14.2. The van der Waals surface area contributed by atoms with Crippen molar-refractivity contribution < 1.29 is 29.0 Å². The molecule has 0 aromatic heterocycles. The van der Waals surface area contributed by atoms with E-state index in [9.17, 15) is 19.5 Å². The molecule has 11 nitrogen and oxygen atoms in total. The lowest BCUT2D eigenvalue weighted by Crippen LogP contribution is -2.48. The molecule has 4 N–H and O–H groups in total. The molecule has 0 aliphatic carbocycles. The topological polar surface area (TPSA) is 132 Å². The molecule has 4 rings (SSSR count). The number of benzene rings is 3. The smallest absolute Gasteiger partial charge is 0.323 e. The Morgan fingerprint density at radius 2 is 1.67 bits per heavy atom. The first kappa shape index (κ1) is 31.2. The predicted molar refractivity (Wildman–Crippen MR) is 166 cm³/mol. The minimum atomic E-state index is -0.482. The molecule has 3 aromatic rings. The number of carbonyl (C=O) groups is 3. The van der Waals surface area contributed by atoms with Crippen molar-refractivity contribution in [3.8, 4) is 11.5 Å². The van der Waals surface area contributed by atoms with E-state index in [-0.39, 0.29) is 37.4 Å². The molecule has 0 saturated heterocycles. The van der Waals surface area contributed by atoms with Crippen LogP contribution in [0.3, 0.4) is 0 Å². The second-order valence-corrected chi connectivity index (χ2v) is 10.7. The van der Waals surface area contributed by atoms with Crippen molar-refractivity contribution in [2.24, 2.45) is 5.92 Å². The predicted octanol–water partition coefficient (Wildman–Crippen LogP) is 4.65. The third kappa shape index (κ3) is 8.39. The molecule has 0 spiro atoms. The maximum Gasteiger partial charge on any atom is 0.323 e. The number of hydrogen-bond donors (Lipinski definition) is 4. The number of fused-ring (bicyclic) bond motifs is 1. The number of aliphatic hydroxyl groups is 1. The zero-order valence-electron chi connectivity index (χ0n) is 24.9. The maximum atomic E-state index is 13.5. The number of ether oxygens (including phenoxy) is 2. The second kappa shape index (κ2) is 14.4. The first-order chi connectivity index (χ1) is 20.7. The third-order valence-electron chi connectivity index (χ3n) is 7.35. The summed E-state index contributed by atoms with van der Waals surface area (Å²) in [7, 11) is 3.26. The molecule has 1 heterocycles. The molecule has 0 radical (unpaired) electrons. The highest BCUT2D eigenvalue weighted by atomic mass is 16.5. The number of para-hydroxylation sites is 1. The van der Waals surface area contributed by atoms with Gasteiger partial charge in [0.1, 0.15) is 17.6 Å². The number of likely N-dealkylation sites (N-methyl/N-ethyl adjacent to an activating group) is 1. The molecule has 0 bridgehead atoms. The Morgan fingerprint density at radius 1 is 1.02 bits per heavy atom. The zero-order chi connectivity index (χ0) is 30.9. The number of urea groups is 2. The van der Waals surface area contributed by atoms with Gasteiger partial charge < -0.3 is 40.3 Å². The normalized spacial score (nSPS) is 17.2. The van der Waals surface area contributed by atoms with Crippen LogP contribution in [0.5, 0.6) is 11.5 Å². The average molecular weight is 590 g/mol. The summed E-state index contributed by atoms with van der Waals surface area (Å²) in [5.74, 6) is 0.816. The Bertz CT molecular complexity index is 1400. The molecule has 228 valence electrons. The lowest BCUT2D eigenvalue weighted by molar-refractivity contribution is -0.134. The number of anilines is 3. The summed E-state index contributed by atoms with van der Waals surface area (Å²) in [5.41, 5.74) is 2.34. The largest absolute Gasteiger partial charge is 0.497 e. The summed E-state index contributed by atoms with van der Waals surface area (Å²) in [6.45, 7) is 4.12. The molecule has 1 aliphatic heterocycles. The number of amides is 5. The summed E-state index contributed by atoms with van der Waals surface area (Å²) in [6, 6.07) is 20.1. The van der Waals surface area contributed by atoms with Crippen molar-refractivity contribution in [3.63, 3.8) is 0 Å². The molecule has 0 saturated carbocycles. The number of carbonyl (C=O) groups excluding carboxylic acids is 3. The third-order valence-corrected chi connectivity index (χ3v) is 7.35. The first-order valence-corrected chi connectivity index (χ1v) is 14.2. The van der Waals surface area contributed by atoms with Crippen LogP contribution in [-0.2, 0) is 11.2 Å². The molecule has 43 heavy (non-hydrogen) atoms. The van der Waals surface area contributed by atoms with Crippen LogP contribution in [0, 0.1) is 5.92 Å². The fourth-order valence-corrected chi connectivity index (χ4v) is 4.79. The average Bonchev–Trinajstić information content (AvgIpc) is 3.04. The van der Waals surface area contributed by atoms with Gasteiger partial charge in [0.2, 0.25) is 5.91 Å². The summed E-state index contributed by atoms with van der Waals surface area (Å²) in [4.78, 5) is 42.3. The van der Waals surface area contributed by atoms with Gasteiger partial charge in [0.15, 0.2) is 0 Å². The number of methoxy groups -OCH3 is 1. The van der Waals surface area contributed by atoms with E-state index in [2.05, 4.69) is 16.0 Å². The van der Waals surface area contributed by atoms with E-state index in [0.29, 0.717) is 40.7 Å². The van der Waals surface area contributed by atoms with E-state index < -0.39 is 18.2 Å². The molecule has 3 aromatic carbocycles. The molecule has 3 atom stereocenters. The molecule has 0 unspecified atom stereocenters. The van der Waals surface area contributed by atoms with Crippen molar-refractivity contribution in [1.82, 2.24) is 9.80 Å². The van der Waals surface area contributed by atoms with Gasteiger partial charge in [-0.15, -0.1) is 0 Å². The highest BCUT2D eigenvalue weighted by molar-refractivity contribution is 6.00. The Hall–Kier alpha value is -4.77. The van der Waals surface area contributed by atoms with Gasteiger partial charge in [-0.1, -0.05) is 25.1 Å². The van der Waals surface area contributed by atoms with E-state index >= 15 is 0 Å². The van der Waals surface area contributed by atoms with Crippen LogP contribution >= 0.6 is 0 Å². The van der Waals surface area contributed by atoms with Gasteiger partial charge in [0.25, 0.3) is 0 Å². The maximum absolute atomic E-state index is 13.5. The van der Waals surface area contributed by atoms with E-state index in [0.717, 1.165) is 0 Å². The Kier molecular flexibility index (Phi) is 10.4. The van der Waals surface area contributed by atoms with Crippen molar-refractivity contribution in [2.75, 3.05) is 49.8 Å². The highest BCUT2D eigenvalue weighted by Gasteiger charge is 2.32. The van der Waals surface area contributed by atoms with E-state index in [4.69, 9.17) is 9.47 Å². The molecular formula is C32H39N5O6. The van der Waals surface area contributed by atoms with Gasteiger partial charge in [-0.05, 0) is 61.5 Å². The van der Waals surface area contributed by atoms with Crippen LogP contribution in [-0.4, -0.2) is 78.9 Å². The number of nitrogens with one attached hydrogen (secondary N) is 3. The van der Waals surface area contributed by atoms with Crippen LogP contribution in [0.25, 0.3) is 0 Å². The number of aliphatic hydroxyl groups excluding tert-OH is 1. The molecule has 1 aliphatic rings. The lowest BCUT2D eigenvalue weighted by Gasteiger charge is -2.34. The summed E-state index contributed by atoms with van der Waals surface area (Å²) in [5, 5.41) is 18.4. The summed E-state index contributed by atoms with van der Waals surface area (Å²) in [6.07, 6.45) is -0.465. The molecular weight excluding hydrogens is 550 g/mol. The fraction of sp³-hybridized carbons (Fsp3) is 0.344. The summed E-state index contributed by atoms with van der Waals surface area (Å²) >= 11 is 0. The Morgan fingerprint density at radius 3 is 2.35 bits per heavy atom. The van der Waals surface area contributed by atoms with Crippen LogP contribution in [0.15, 0.2) is 72.8 Å². The highest BCUT2D eigenvalue weighted by Crippen LogP contribution is 2.29. The number of hydrogen-bond acceptors (Lipinski definition) is 6. The zero-order valence-corrected chi connectivity index (χ0v) is 24.9. The standard InChI is InChI=1S/C32H39N5O6/c1-21-18-37(22(2)20-38)30(39)17-23-16-26(34-31(40)33-24-8-6-5-7-9-24)12-15-28(23)43-29(21)19-36(3)32(41)35-25-10-13-27(42-4)14-11-25/h5-16,21-22,29,38H,17-20H2,1-4H3,(H,35,41)(H2,33,34,40)/t21-,22-,29+/m1/s1. The van der Waals surface area contributed by atoms with Gasteiger partial charge in [0.05, 0.1) is 32.7 Å². The molecule has 5 amide bonds. The van der Waals surface area contributed by atoms with Crippen molar-refractivity contribution in [1.29, 1.82) is 0 Å². The number of nitrogens with zero attached hydrogens (tertiary/aromatic N) is 2. The fourth-order valence-electron chi connectivity index (χ4n) is 4.79. The monoisotopic (exact) mass is 589 g/mol. The number of rotatable bonds is 8. The summed E-state index contributed by atoms with van der Waals surface area (Å²) < 4.78 is 11.7. The van der Waals surface area contributed by atoms with Crippen molar-refractivity contribution in [2.45, 2.75) is 32.4 Å². The van der Waals surface area contributed by atoms with Crippen molar-refractivity contribution >= 4 is 35.0 Å². The molecule has 0 fully saturated rings. The van der Waals surface area contributed by atoms with Gasteiger partial charge in [-0.25, -0.2) is 9.59 Å². The van der Waals surface area contributed by atoms with Gasteiger partial charge >= 0.3 is 12.1 Å². The Labute approximate surface area is 251 Å². The minimum absolute atomic E-state index is 0.0166. The molecule has 11 heteroatoms. The van der Waals surface area contributed by atoms with Gasteiger partial charge in [-0.2, -0.15) is 0 Å². The van der Waals surface area contributed by atoms with E-state index in [1.807, 2.05) is 25.1 Å². The minimum Gasteiger partial charge on any atom is -0.497 e. The Balaban J connectivity index is 1.54. The quantitative estimate of drug-likeness (QED) is 0.302. The van der Waals surface area contributed by atoms with Gasteiger partial charge in [-0.3, -0.25) is 4.79 Å².